The van der Waals surface area contributed by atoms with Gasteiger partial charge in [0.1, 0.15) is 11.5 Å². The minimum atomic E-state index is -1.06. The summed E-state index contributed by atoms with van der Waals surface area (Å²) in [6, 6.07) is 0. The van der Waals surface area contributed by atoms with Crippen molar-refractivity contribution < 1.29 is 32.3 Å². The number of hydrogen-bond acceptors (Lipinski definition) is 18. The van der Waals surface area contributed by atoms with E-state index in [1.807, 2.05) is 0 Å². The van der Waals surface area contributed by atoms with Crippen LogP contribution < -0.4 is 52.0 Å². The Morgan fingerprint density at radius 3 is 1.35 bits per heavy atom. The van der Waals surface area contributed by atoms with Crippen LogP contribution in [0.5, 0.6) is 12.2 Å². The van der Waals surface area contributed by atoms with Crippen LogP contribution in [-0.2, 0) is 23.0 Å². The van der Waals surface area contributed by atoms with E-state index in [4.69, 9.17) is 71.6 Å². The number of nitrogens with one attached hydrogen (secondary N) is 8. The molecule has 0 saturated heterocycles. The van der Waals surface area contributed by atoms with E-state index in [9.17, 15) is 9.59 Å². The molecule has 0 radical (unpaired) electrons. The molecule has 0 spiro atoms. The first-order valence-corrected chi connectivity index (χ1v) is 23.3. The number of aromatic nitrogens is 3. The zero-order chi connectivity index (χ0) is 41.4. The topological polar surface area (TPSA) is 227 Å². The maximum absolute atomic E-state index is 13.3. The molecule has 0 unspecified atom stereocenters. The van der Waals surface area contributed by atoms with Crippen LogP contribution in [0.3, 0.4) is 0 Å². The molecule has 0 fully saturated rings. The molecule has 0 aromatic carbocycles. The van der Waals surface area contributed by atoms with Crippen LogP contribution in [0.15, 0.2) is 19.6 Å². The first-order chi connectivity index (χ1) is 27.6. The van der Waals surface area contributed by atoms with E-state index in [0.717, 1.165) is 29.4 Å². The molecule has 3 rings (SSSR count). The summed E-state index contributed by atoms with van der Waals surface area (Å²) in [5.41, 5.74) is 0.761. The van der Waals surface area contributed by atoms with Crippen molar-refractivity contribution in [2.45, 2.75) is 23.0 Å². The van der Waals surface area contributed by atoms with Crippen LogP contribution in [-0.4, -0.2) is 125 Å². The summed E-state index contributed by atoms with van der Waals surface area (Å²) in [4.78, 5) is 39.3. The molecular weight excluding hydrogens is 895 g/mol. The molecule has 3 heterocycles. The third kappa shape index (κ3) is 18.0. The molecule has 0 amide bonds. The normalized spacial score (nSPS) is 10.6. The molecule has 57 heavy (non-hydrogen) atoms. The standard InChI is InChI=1S/C31H45N11O7S8/c1-32-26(50)36-5-9-54-13-18-20(15-56-11-7-38-28(52)34-3)46-30(41-18)48-24(43)22-23(45-17-40-22)25(44)49-31-42-19(14-55-10-6-37-27(51)33-2)21(47-31)16-57-12-8-39-29(53)35-4/h17H,5-16H2,1-4H3,(H2,32,36,50)(H2,33,37,51)(H2,34,38,52)(H2,35,39,53). The van der Waals surface area contributed by atoms with E-state index < -0.39 is 23.4 Å². The Morgan fingerprint density at radius 1 is 0.596 bits per heavy atom. The van der Waals surface area contributed by atoms with Gasteiger partial charge in [0.15, 0.2) is 26.8 Å². The minimum absolute atomic E-state index is 0.305. The van der Waals surface area contributed by atoms with Crippen molar-refractivity contribution in [2.24, 2.45) is 0 Å². The van der Waals surface area contributed by atoms with Gasteiger partial charge in [0.2, 0.25) is 11.5 Å². The van der Waals surface area contributed by atoms with Crippen molar-refractivity contribution in [1.82, 2.24) is 57.5 Å². The van der Waals surface area contributed by atoms with Gasteiger partial charge in [-0.05, 0) is 48.9 Å². The SMILES string of the molecule is CNC(=S)NCCSCc1nc(OC(=O)c2ncoc2C(=O)Oc2nc(CSCCNC(=S)NC)c(CSCCNC(=S)NC)o2)oc1CSCCNC(=S)NC. The fourth-order valence-electron chi connectivity index (χ4n) is 4.02. The second-order valence-corrected chi connectivity index (χ2v) is 16.8. The molecule has 3 aromatic heterocycles. The highest BCUT2D eigenvalue weighted by molar-refractivity contribution is 7.99. The number of hydrogen-bond donors (Lipinski definition) is 8. The number of ether oxygens (including phenoxy) is 2. The molecule has 0 saturated carbocycles. The molecule has 314 valence electrons. The summed E-state index contributed by atoms with van der Waals surface area (Å²) >= 11 is 26.8. The van der Waals surface area contributed by atoms with Gasteiger partial charge in [0, 0.05) is 88.9 Å². The first-order valence-electron chi connectivity index (χ1n) is 17.1. The van der Waals surface area contributed by atoms with Gasteiger partial charge < -0.3 is 65.3 Å². The zero-order valence-corrected chi connectivity index (χ0v) is 38.1. The molecule has 3 aromatic rings. The van der Waals surface area contributed by atoms with Crippen molar-refractivity contribution >= 4 is 128 Å². The second-order valence-electron chi connectivity index (χ2n) is 10.7. The molecule has 0 bridgehead atoms. The number of esters is 2. The number of rotatable bonds is 24. The lowest BCUT2D eigenvalue weighted by Crippen LogP contribution is -2.33. The number of nitrogens with zero attached hydrogens (tertiary/aromatic N) is 3. The molecule has 0 aliphatic heterocycles. The lowest BCUT2D eigenvalue weighted by Gasteiger charge is -2.07. The van der Waals surface area contributed by atoms with Gasteiger partial charge in [-0.15, -0.1) is 0 Å². The van der Waals surface area contributed by atoms with Crippen LogP contribution in [0.25, 0.3) is 0 Å². The summed E-state index contributed by atoms with van der Waals surface area (Å²) in [5.74, 6) is 3.22. The van der Waals surface area contributed by atoms with Crippen molar-refractivity contribution in [3.8, 4) is 12.2 Å². The van der Waals surface area contributed by atoms with Gasteiger partial charge in [-0.25, -0.2) is 14.6 Å². The predicted octanol–water partition coefficient (Wildman–Crippen LogP) is 2.40. The number of thioether (sulfide) groups is 4. The lowest BCUT2D eigenvalue weighted by atomic mass is 10.3. The van der Waals surface area contributed by atoms with Crippen LogP contribution in [0.2, 0.25) is 0 Å². The van der Waals surface area contributed by atoms with E-state index in [0.29, 0.717) is 92.5 Å². The maximum atomic E-state index is 13.3. The Balaban J connectivity index is 1.67. The van der Waals surface area contributed by atoms with Crippen LogP contribution >= 0.6 is 95.9 Å². The number of thiocarbonyl (C=S) groups is 4. The summed E-state index contributed by atoms with van der Waals surface area (Å²) < 4.78 is 27.9. The van der Waals surface area contributed by atoms with Gasteiger partial charge in [-0.2, -0.15) is 57.0 Å². The van der Waals surface area contributed by atoms with Crippen molar-refractivity contribution in [3.63, 3.8) is 0 Å². The monoisotopic (exact) mass is 939 g/mol. The van der Waals surface area contributed by atoms with Gasteiger partial charge in [0.25, 0.3) is 0 Å². The summed E-state index contributed by atoms with van der Waals surface area (Å²) in [7, 11) is 6.98. The average molecular weight is 940 g/mol. The zero-order valence-electron chi connectivity index (χ0n) is 31.5. The quantitative estimate of drug-likeness (QED) is 0.0367. The maximum Gasteiger partial charge on any atom is 0.402 e. The van der Waals surface area contributed by atoms with E-state index >= 15 is 0 Å². The number of oxazole rings is 3. The Morgan fingerprint density at radius 2 is 0.965 bits per heavy atom. The van der Waals surface area contributed by atoms with Gasteiger partial charge in [0.05, 0.1) is 22.9 Å². The van der Waals surface area contributed by atoms with E-state index in [1.54, 1.807) is 75.2 Å². The highest BCUT2D eigenvalue weighted by Crippen LogP contribution is 2.28. The molecular formula is C31H45N11O7S8. The molecule has 18 nitrogen and oxygen atoms in total. The van der Waals surface area contributed by atoms with Gasteiger partial charge in [-0.1, -0.05) is 0 Å². The van der Waals surface area contributed by atoms with Crippen LogP contribution in [0, 0.1) is 0 Å². The van der Waals surface area contributed by atoms with E-state index in [2.05, 4.69) is 57.5 Å². The molecule has 0 aliphatic rings. The second kappa shape index (κ2) is 27.4. The first kappa shape index (κ1) is 48.1. The summed E-state index contributed by atoms with van der Waals surface area (Å²) in [5, 5.41) is 26.0. The molecule has 26 heteroatoms. The van der Waals surface area contributed by atoms with Crippen LogP contribution in [0.4, 0.5) is 0 Å². The van der Waals surface area contributed by atoms with Crippen molar-refractivity contribution in [3.05, 3.63) is 40.8 Å². The highest BCUT2D eigenvalue weighted by Gasteiger charge is 2.30. The average Bonchev–Trinajstić information content (AvgIpc) is 3.95. The minimum Gasteiger partial charge on any atom is -0.435 e. The predicted molar refractivity (Wildman–Crippen MR) is 243 cm³/mol. The number of carbonyl (C=O) groups excluding carboxylic acids is 2. The third-order valence-electron chi connectivity index (χ3n) is 6.80. The van der Waals surface area contributed by atoms with Crippen LogP contribution in [0.1, 0.15) is 44.0 Å². The Hall–Kier alpha value is -3.27. The number of carbonyl (C=O) groups is 2. The summed E-state index contributed by atoms with van der Waals surface area (Å²) in [6.45, 7) is 2.54. The van der Waals surface area contributed by atoms with Crippen molar-refractivity contribution in [1.29, 1.82) is 0 Å². The van der Waals surface area contributed by atoms with Gasteiger partial charge in [-0.3, -0.25) is 0 Å². The van der Waals surface area contributed by atoms with E-state index in [1.165, 1.54) is 0 Å². The highest BCUT2D eigenvalue weighted by atomic mass is 32.2. The fraction of sp³-hybridized carbons (Fsp3) is 0.516. The van der Waals surface area contributed by atoms with E-state index in [-0.39, 0.29) is 12.2 Å². The molecule has 0 aliphatic carbocycles. The molecule has 8 N–H and O–H groups in total. The summed E-state index contributed by atoms with van der Waals surface area (Å²) in [6.07, 6.45) is 0.310. The third-order valence-corrected chi connectivity index (χ3v) is 12.1. The van der Waals surface area contributed by atoms with Crippen molar-refractivity contribution in [2.75, 3.05) is 77.4 Å². The Bertz CT molecular complexity index is 1570. The Kier molecular flexibility index (Phi) is 23.1. The lowest BCUT2D eigenvalue weighted by molar-refractivity contribution is 0.0609. The Labute approximate surface area is 368 Å². The largest absolute Gasteiger partial charge is 0.435 e. The smallest absolute Gasteiger partial charge is 0.402 e. The van der Waals surface area contributed by atoms with Gasteiger partial charge >= 0.3 is 24.1 Å². The fourth-order valence-corrected chi connectivity index (χ4v) is 7.65. The molecule has 0 atom stereocenters.